The van der Waals surface area contributed by atoms with E-state index in [1.54, 1.807) is 6.92 Å². The molecule has 1 N–H and O–H groups in total. The smallest absolute Gasteiger partial charge is 0.305 e. The van der Waals surface area contributed by atoms with E-state index in [4.69, 9.17) is 5.11 Å². The monoisotopic (exact) mass is 335 g/mol. The third kappa shape index (κ3) is 3.99. The molecule has 0 spiro atoms. The normalized spacial score (nSPS) is 10.3. The van der Waals surface area contributed by atoms with Crippen LogP contribution in [0.4, 0.5) is 8.78 Å². The molecule has 0 saturated heterocycles. The maximum atomic E-state index is 13.6. The molecule has 1 aromatic rings. The minimum Gasteiger partial charge on any atom is -0.481 e. The molecule has 0 saturated carbocycles. The van der Waals surface area contributed by atoms with E-state index in [1.165, 1.54) is 0 Å². The summed E-state index contributed by atoms with van der Waals surface area (Å²) in [4.78, 5) is 23.5. The van der Waals surface area contributed by atoms with E-state index in [1.807, 2.05) is 0 Å². The predicted molar refractivity (Wildman–Crippen MR) is 67.9 cm³/mol. The lowest BCUT2D eigenvalue weighted by Crippen LogP contribution is -2.34. The topological polar surface area (TPSA) is 57.6 Å². The van der Waals surface area contributed by atoms with Crippen molar-refractivity contribution in [2.75, 3.05) is 13.1 Å². The quantitative estimate of drug-likeness (QED) is 0.899. The number of benzene rings is 1. The van der Waals surface area contributed by atoms with Crippen LogP contribution in [0.3, 0.4) is 0 Å². The third-order valence-electron chi connectivity index (χ3n) is 2.49. The van der Waals surface area contributed by atoms with Crippen molar-refractivity contribution >= 4 is 27.8 Å². The third-order valence-corrected chi connectivity index (χ3v) is 2.94. The lowest BCUT2D eigenvalue weighted by atomic mass is 10.1. The SMILES string of the molecule is CCN(CCC(=O)O)C(=O)c1c(F)cc(Br)cc1F. The Labute approximate surface area is 117 Å². The van der Waals surface area contributed by atoms with Crippen molar-refractivity contribution in [3.63, 3.8) is 0 Å². The average molecular weight is 336 g/mol. The highest BCUT2D eigenvalue weighted by Gasteiger charge is 2.23. The van der Waals surface area contributed by atoms with Gasteiger partial charge in [-0.1, -0.05) is 15.9 Å². The van der Waals surface area contributed by atoms with Gasteiger partial charge in [0.2, 0.25) is 0 Å². The molecule has 0 unspecified atom stereocenters. The van der Waals surface area contributed by atoms with Crippen LogP contribution >= 0.6 is 15.9 Å². The zero-order valence-corrected chi connectivity index (χ0v) is 11.7. The van der Waals surface area contributed by atoms with Crippen LogP contribution in [0, 0.1) is 11.6 Å². The van der Waals surface area contributed by atoms with Gasteiger partial charge in [-0.3, -0.25) is 9.59 Å². The molecule has 0 fully saturated rings. The first-order valence-corrected chi connectivity index (χ1v) is 6.31. The summed E-state index contributed by atoms with van der Waals surface area (Å²) in [5.74, 6) is -3.90. The van der Waals surface area contributed by atoms with Gasteiger partial charge in [0.1, 0.15) is 17.2 Å². The molecule has 19 heavy (non-hydrogen) atoms. The minimum absolute atomic E-state index is 0.0976. The second kappa shape index (κ2) is 6.60. The molecule has 1 amide bonds. The summed E-state index contributed by atoms with van der Waals surface area (Å²) in [5, 5.41) is 8.56. The van der Waals surface area contributed by atoms with Gasteiger partial charge in [0.25, 0.3) is 5.91 Å². The van der Waals surface area contributed by atoms with Crippen LogP contribution in [-0.4, -0.2) is 35.0 Å². The van der Waals surface area contributed by atoms with E-state index in [2.05, 4.69) is 15.9 Å². The molecular formula is C12H12BrF2NO3. The average Bonchev–Trinajstić information content (AvgIpc) is 2.27. The second-order valence-corrected chi connectivity index (χ2v) is 4.69. The Bertz CT molecular complexity index is 485. The Morgan fingerprint density at radius 3 is 2.26 bits per heavy atom. The fraction of sp³-hybridized carbons (Fsp3) is 0.333. The maximum Gasteiger partial charge on any atom is 0.305 e. The van der Waals surface area contributed by atoms with Crippen LogP contribution in [0.2, 0.25) is 0 Å². The molecule has 0 aliphatic heterocycles. The molecule has 7 heteroatoms. The molecular weight excluding hydrogens is 324 g/mol. The van der Waals surface area contributed by atoms with Gasteiger partial charge >= 0.3 is 5.97 Å². The van der Waals surface area contributed by atoms with Gasteiger partial charge in [0.05, 0.1) is 6.42 Å². The summed E-state index contributed by atoms with van der Waals surface area (Å²) in [6, 6.07) is 1.97. The van der Waals surface area contributed by atoms with Crippen molar-refractivity contribution in [2.24, 2.45) is 0 Å². The van der Waals surface area contributed by atoms with Gasteiger partial charge in [-0.05, 0) is 19.1 Å². The summed E-state index contributed by atoms with van der Waals surface area (Å²) < 4.78 is 27.4. The number of carboxylic acid groups (broad SMARTS) is 1. The Morgan fingerprint density at radius 2 is 1.84 bits per heavy atom. The summed E-state index contributed by atoms with van der Waals surface area (Å²) in [5.41, 5.74) is -0.671. The predicted octanol–water partition coefficient (Wildman–Crippen LogP) is 2.66. The lowest BCUT2D eigenvalue weighted by Gasteiger charge is -2.20. The zero-order valence-electron chi connectivity index (χ0n) is 10.1. The van der Waals surface area contributed by atoms with E-state index in [0.717, 1.165) is 17.0 Å². The van der Waals surface area contributed by atoms with Crippen molar-refractivity contribution in [1.29, 1.82) is 0 Å². The molecule has 4 nitrogen and oxygen atoms in total. The first-order valence-electron chi connectivity index (χ1n) is 5.52. The number of rotatable bonds is 5. The maximum absolute atomic E-state index is 13.6. The molecule has 0 aliphatic carbocycles. The van der Waals surface area contributed by atoms with E-state index in [9.17, 15) is 18.4 Å². The lowest BCUT2D eigenvalue weighted by molar-refractivity contribution is -0.137. The number of carbonyl (C=O) groups excluding carboxylic acids is 1. The number of nitrogens with zero attached hydrogens (tertiary/aromatic N) is 1. The summed E-state index contributed by atoms with van der Waals surface area (Å²) in [7, 11) is 0. The number of carbonyl (C=O) groups is 2. The molecule has 104 valence electrons. The number of amides is 1. The summed E-state index contributed by atoms with van der Waals surface area (Å²) >= 11 is 2.92. The van der Waals surface area contributed by atoms with E-state index in [-0.39, 0.29) is 24.0 Å². The molecule has 0 bridgehead atoms. The van der Waals surface area contributed by atoms with Crippen molar-refractivity contribution in [3.05, 3.63) is 33.8 Å². The van der Waals surface area contributed by atoms with Crippen molar-refractivity contribution in [2.45, 2.75) is 13.3 Å². The van der Waals surface area contributed by atoms with Gasteiger partial charge in [-0.15, -0.1) is 0 Å². The minimum atomic E-state index is -1.08. The first kappa shape index (κ1) is 15.6. The molecule has 1 aromatic carbocycles. The zero-order chi connectivity index (χ0) is 14.6. The van der Waals surface area contributed by atoms with Crippen molar-refractivity contribution in [3.8, 4) is 0 Å². The van der Waals surface area contributed by atoms with Crippen molar-refractivity contribution < 1.29 is 23.5 Å². The first-order chi connectivity index (χ1) is 8.86. The second-order valence-electron chi connectivity index (χ2n) is 3.77. The Morgan fingerprint density at radius 1 is 1.32 bits per heavy atom. The van der Waals surface area contributed by atoms with E-state index >= 15 is 0 Å². The number of halogens is 3. The standard InChI is InChI=1S/C12H12BrF2NO3/c1-2-16(4-3-10(17)18)12(19)11-8(14)5-7(13)6-9(11)15/h5-6H,2-4H2,1H3,(H,17,18). The summed E-state index contributed by atoms with van der Waals surface area (Å²) in [6.07, 6.45) is -0.278. The van der Waals surface area contributed by atoms with Crippen LogP contribution in [0.25, 0.3) is 0 Å². The Hall–Kier alpha value is -1.50. The van der Waals surface area contributed by atoms with Gasteiger partial charge in [-0.25, -0.2) is 8.78 Å². The Kier molecular flexibility index (Phi) is 5.41. The van der Waals surface area contributed by atoms with Gasteiger partial charge < -0.3 is 10.0 Å². The van der Waals surface area contributed by atoms with Gasteiger partial charge in [0.15, 0.2) is 0 Å². The van der Waals surface area contributed by atoms with Crippen LogP contribution in [0.15, 0.2) is 16.6 Å². The summed E-state index contributed by atoms with van der Waals surface area (Å²) in [6.45, 7) is 1.68. The molecule has 0 heterocycles. The molecule has 0 aliphatic rings. The Balaban J connectivity index is 3.01. The highest BCUT2D eigenvalue weighted by atomic mass is 79.9. The molecule has 1 rings (SSSR count). The number of carboxylic acids is 1. The number of hydrogen-bond acceptors (Lipinski definition) is 2. The number of hydrogen-bond donors (Lipinski definition) is 1. The van der Waals surface area contributed by atoms with Gasteiger partial charge in [-0.2, -0.15) is 0 Å². The largest absolute Gasteiger partial charge is 0.481 e. The van der Waals surface area contributed by atoms with Crippen molar-refractivity contribution in [1.82, 2.24) is 4.90 Å². The van der Waals surface area contributed by atoms with E-state index in [0.29, 0.717) is 0 Å². The highest BCUT2D eigenvalue weighted by molar-refractivity contribution is 9.10. The number of aliphatic carboxylic acids is 1. The van der Waals surface area contributed by atoms with Crippen LogP contribution < -0.4 is 0 Å². The highest BCUT2D eigenvalue weighted by Crippen LogP contribution is 2.21. The van der Waals surface area contributed by atoms with Crippen LogP contribution in [0.1, 0.15) is 23.7 Å². The van der Waals surface area contributed by atoms with Crippen LogP contribution in [0.5, 0.6) is 0 Å². The molecule has 0 aromatic heterocycles. The van der Waals surface area contributed by atoms with Crippen LogP contribution in [-0.2, 0) is 4.79 Å². The molecule has 0 radical (unpaired) electrons. The van der Waals surface area contributed by atoms with Gasteiger partial charge in [0, 0.05) is 17.6 Å². The fourth-order valence-corrected chi connectivity index (χ4v) is 1.94. The fourth-order valence-electron chi connectivity index (χ4n) is 1.54. The van der Waals surface area contributed by atoms with E-state index < -0.39 is 29.1 Å². The molecule has 0 atom stereocenters.